The summed E-state index contributed by atoms with van der Waals surface area (Å²) in [6.45, 7) is 3.73. The molecule has 0 aromatic carbocycles. The van der Waals surface area contributed by atoms with Crippen molar-refractivity contribution in [3.63, 3.8) is 0 Å². The van der Waals surface area contributed by atoms with Crippen LogP contribution in [0.1, 0.15) is 44.9 Å². The average Bonchev–Trinajstić information content (AvgIpc) is 2.98. The minimum absolute atomic E-state index is 0.0949. The third-order valence-corrected chi connectivity index (χ3v) is 5.40. The molecule has 21 heavy (non-hydrogen) atoms. The number of Topliss-reactive ketones (excluding diaryl/α,β-unsaturated/α-hetero) is 1. The Kier molecular flexibility index (Phi) is 5.20. The number of ketones is 1. The van der Waals surface area contributed by atoms with Crippen LogP contribution in [0, 0.1) is 17.3 Å². The average molecular weight is 294 g/mol. The van der Waals surface area contributed by atoms with Gasteiger partial charge in [0.05, 0.1) is 13.2 Å². The molecule has 4 nitrogen and oxygen atoms in total. The largest absolute Gasteiger partial charge is 0.468 e. The second-order valence-corrected chi connectivity index (χ2v) is 6.29. The van der Waals surface area contributed by atoms with Gasteiger partial charge in [-0.25, -0.2) is 0 Å². The molecule has 2 aliphatic carbocycles. The predicted molar refractivity (Wildman–Crippen MR) is 79.7 cm³/mol. The van der Waals surface area contributed by atoms with Gasteiger partial charge >= 0.3 is 5.97 Å². The van der Waals surface area contributed by atoms with Gasteiger partial charge in [-0.2, -0.15) is 0 Å². The van der Waals surface area contributed by atoms with E-state index in [9.17, 15) is 9.59 Å². The molecule has 1 unspecified atom stereocenters. The number of hydrogen-bond donors (Lipinski definition) is 0. The zero-order valence-electron chi connectivity index (χ0n) is 13.1. The van der Waals surface area contributed by atoms with E-state index < -0.39 is 5.92 Å². The third-order valence-electron chi connectivity index (χ3n) is 5.40. The number of hydrogen-bond acceptors (Lipinski definition) is 4. The Bertz CT molecular complexity index is 417. The summed E-state index contributed by atoms with van der Waals surface area (Å²) in [7, 11) is 3.06. The van der Waals surface area contributed by atoms with Gasteiger partial charge in [0.2, 0.25) is 0 Å². The van der Waals surface area contributed by atoms with Crippen LogP contribution in [-0.2, 0) is 19.1 Å². The van der Waals surface area contributed by atoms with E-state index in [1.165, 1.54) is 7.11 Å². The molecule has 0 N–H and O–H groups in total. The van der Waals surface area contributed by atoms with Crippen molar-refractivity contribution in [3.05, 3.63) is 12.7 Å². The Balaban J connectivity index is 2.15. The highest BCUT2D eigenvalue weighted by molar-refractivity contribution is 6.04. The van der Waals surface area contributed by atoms with Crippen molar-refractivity contribution in [3.8, 4) is 0 Å². The molecule has 4 heteroatoms. The first-order valence-corrected chi connectivity index (χ1v) is 7.86. The maximum atomic E-state index is 12.9. The quantitative estimate of drug-likeness (QED) is 0.313. The Hall–Kier alpha value is -1.16. The van der Waals surface area contributed by atoms with E-state index in [1.807, 2.05) is 6.08 Å². The minimum atomic E-state index is -0.586. The molecule has 0 aromatic rings. The van der Waals surface area contributed by atoms with Crippen molar-refractivity contribution in [2.45, 2.75) is 51.0 Å². The zero-order chi connectivity index (χ0) is 15.5. The summed E-state index contributed by atoms with van der Waals surface area (Å²) in [5, 5.41) is 0. The van der Waals surface area contributed by atoms with E-state index >= 15 is 0 Å². The van der Waals surface area contributed by atoms with Gasteiger partial charge in [-0.3, -0.25) is 9.59 Å². The fourth-order valence-electron chi connectivity index (χ4n) is 4.32. The Morgan fingerprint density at radius 1 is 1.43 bits per heavy atom. The van der Waals surface area contributed by atoms with E-state index in [2.05, 4.69) is 6.58 Å². The van der Waals surface area contributed by atoms with Crippen LogP contribution < -0.4 is 0 Å². The molecule has 0 aliphatic heterocycles. The van der Waals surface area contributed by atoms with Gasteiger partial charge in [0, 0.05) is 12.5 Å². The van der Waals surface area contributed by atoms with Crippen LogP contribution in [0.5, 0.6) is 0 Å². The minimum Gasteiger partial charge on any atom is -0.468 e. The Labute approximate surface area is 126 Å². The monoisotopic (exact) mass is 294 g/mol. The molecule has 0 heterocycles. The molecule has 4 atom stereocenters. The van der Waals surface area contributed by atoms with E-state index in [-0.39, 0.29) is 29.2 Å². The van der Waals surface area contributed by atoms with Crippen LogP contribution in [0.4, 0.5) is 0 Å². The van der Waals surface area contributed by atoms with E-state index in [4.69, 9.17) is 9.47 Å². The molecular weight excluding hydrogens is 268 g/mol. The first kappa shape index (κ1) is 16.2. The molecule has 2 rings (SSSR count). The van der Waals surface area contributed by atoms with Gasteiger partial charge in [0.25, 0.3) is 0 Å². The Morgan fingerprint density at radius 2 is 2.19 bits per heavy atom. The third kappa shape index (κ3) is 2.78. The van der Waals surface area contributed by atoms with Crippen LogP contribution in [-0.4, -0.2) is 32.1 Å². The normalized spacial score (nSPS) is 34.8. The molecule has 118 valence electrons. The summed E-state index contributed by atoms with van der Waals surface area (Å²) in [4.78, 5) is 24.7. The zero-order valence-corrected chi connectivity index (χ0v) is 13.1. The van der Waals surface area contributed by atoms with Gasteiger partial charge < -0.3 is 9.47 Å². The highest BCUT2D eigenvalue weighted by Gasteiger charge is 2.61. The standard InChI is InChI=1S/C17H26O4/c1-4-5-6-7-9-17-10-8-14(20-2)13(17)11-12(15(17)18)16(19)21-3/h4,12-14H,1,5-11H2,2-3H3/t12?,13-,14-,17+/m1/s1. The second kappa shape index (κ2) is 6.73. The fourth-order valence-corrected chi connectivity index (χ4v) is 4.32. The SMILES string of the molecule is C=CCCCC[C@]12CC[C@@H](OC)[C@H]1CC(C(=O)OC)C2=O. The number of ether oxygens (including phenoxy) is 2. The number of allylic oxidation sites excluding steroid dienone is 1. The van der Waals surface area contributed by atoms with E-state index in [1.54, 1.807) is 7.11 Å². The highest BCUT2D eigenvalue weighted by Crippen LogP contribution is 2.57. The molecule has 0 aromatic heterocycles. The van der Waals surface area contributed by atoms with Crippen LogP contribution in [0.15, 0.2) is 12.7 Å². The molecular formula is C17H26O4. The summed E-state index contributed by atoms with van der Waals surface area (Å²) in [6, 6.07) is 0. The smallest absolute Gasteiger partial charge is 0.316 e. The number of carbonyl (C=O) groups excluding carboxylic acids is 2. The van der Waals surface area contributed by atoms with Gasteiger partial charge in [-0.15, -0.1) is 6.58 Å². The van der Waals surface area contributed by atoms with Gasteiger partial charge in [-0.1, -0.05) is 12.5 Å². The van der Waals surface area contributed by atoms with Gasteiger partial charge in [0.15, 0.2) is 5.78 Å². The maximum Gasteiger partial charge on any atom is 0.316 e. The van der Waals surface area contributed by atoms with Crippen molar-refractivity contribution >= 4 is 11.8 Å². The molecule has 0 bridgehead atoms. The lowest BCUT2D eigenvalue weighted by Crippen LogP contribution is -2.34. The van der Waals surface area contributed by atoms with Crippen LogP contribution in [0.25, 0.3) is 0 Å². The predicted octanol–water partition coefficient (Wildman–Crippen LogP) is 2.91. The topological polar surface area (TPSA) is 52.6 Å². The summed E-state index contributed by atoms with van der Waals surface area (Å²) >= 11 is 0. The number of esters is 1. The van der Waals surface area contributed by atoms with Crippen molar-refractivity contribution in [1.82, 2.24) is 0 Å². The molecule has 2 aliphatic rings. The second-order valence-electron chi connectivity index (χ2n) is 6.29. The maximum absolute atomic E-state index is 12.9. The van der Waals surface area contributed by atoms with E-state index in [0.29, 0.717) is 6.42 Å². The molecule has 0 saturated heterocycles. The van der Waals surface area contributed by atoms with Crippen molar-refractivity contribution < 1.29 is 19.1 Å². The number of unbranched alkanes of at least 4 members (excludes halogenated alkanes) is 2. The lowest BCUT2D eigenvalue weighted by molar-refractivity contribution is -0.149. The number of carbonyl (C=O) groups is 2. The first-order valence-electron chi connectivity index (χ1n) is 7.86. The van der Waals surface area contributed by atoms with E-state index in [0.717, 1.165) is 38.5 Å². The van der Waals surface area contributed by atoms with Crippen LogP contribution >= 0.6 is 0 Å². The summed E-state index contributed by atoms with van der Waals surface area (Å²) in [5.74, 6) is -0.701. The van der Waals surface area contributed by atoms with Gasteiger partial charge in [-0.05, 0) is 44.4 Å². The van der Waals surface area contributed by atoms with Crippen LogP contribution in [0.3, 0.4) is 0 Å². The van der Waals surface area contributed by atoms with Crippen molar-refractivity contribution in [2.75, 3.05) is 14.2 Å². The lowest BCUT2D eigenvalue weighted by atomic mass is 9.74. The molecule has 0 spiro atoms. The molecule has 0 radical (unpaired) electrons. The van der Waals surface area contributed by atoms with Crippen molar-refractivity contribution in [1.29, 1.82) is 0 Å². The van der Waals surface area contributed by atoms with Crippen LogP contribution in [0.2, 0.25) is 0 Å². The fraction of sp³-hybridized carbons (Fsp3) is 0.765. The first-order chi connectivity index (χ1) is 10.1. The Morgan fingerprint density at radius 3 is 2.81 bits per heavy atom. The van der Waals surface area contributed by atoms with Crippen molar-refractivity contribution in [2.24, 2.45) is 17.3 Å². The van der Waals surface area contributed by atoms with Gasteiger partial charge in [0.1, 0.15) is 5.92 Å². The molecule has 2 fully saturated rings. The number of rotatable bonds is 7. The summed E-state index contributed by atoms with van der Waals surface area (Å²) < 4.78 is 10.4. The summed E-state index contributed by atoms with van der Waals surface area (Å²) in [5.41, 5.74) is -0.360. The lowest BCUT2D eigenvalue weighted by Gasteiger charge is -2.29. The molecule has 2 saturated carbocycles. The summed E-state index contributed by atoms with van der Waals surface area (Å²) in [6.07, 6.45) is 8.24. The number of fused-ring (bicyclic) bond motifs is 1. The molecule has 0 amide bonds. The number of methoxy groups -OCH3 is 2. The highest BCUT2D eigenvalue weighted by atomic mass is 16.5.